The third kappa shape index (κ3) is 21.4. The molecule has 10 heteroatoms. The molecule has 134 valence electrons. The van der Waals surface area contributed by atoms with Crippen LogP contribution in [0.5, 0.6) is 0 Å². The van der Waals surface area contributed by atoms with E-state index in [0.717, 1.165) is 12.8 Å². The highest BCUT2D eigenvalue weighted by molar-refractivity contribution is 8.44. The molecule has 0 unspecified atom stereocenters. The van der Waals surface area contributed by atoms with Gasteiger partial charge in [-0.05, 0) is 24.0 Å². The molecule has 6 nitrogen and oxygen atoms in total. The lowest BCUT2D eigenvalue weighted by Crippen LogP contribution is -1.89. The number of aryl methyl sites for hydroxylation is 2. The fourth-order valence-electron chi connectivity index (χ4n) is 1.58. The van der Waals surface area contributed by atoms with Gasteiger partial charge in [-0.15, -0.1) is 0 Å². The van der Waals surface area contributed by atoms with E-state index in [1.807, 2.05) is 0 Å². The van der Waals surface area contributed by atoms with Crippen molar-refractivity contribution in [2.45, 2.75) is 12.8 Å². The van der Waals surface area contributed by atoms with Gasteiger partial charge in [0.25, 0.3) is 0 Å². The maximum absolute atomic E-state index is 9.19. The summed E-state index contributed by atoms with van der Waals surface area (Å²) in [6.45, 7) is -7.89. The molecule has 2 aromatic rings. The lowest BCUT2D eigenvalue weighted by atomic mass is 10.0. The van der Waals surface area contributed by atoms with Crippen LogP contribution in [0.1, 0.15) is 11.1 Å². The molecule has 0 radical (unpaired) electrons. The molecule has 0 aliphatic rings. The van der Waals surface area contributed by atoms with E-state index in [2.05, 4.69) is 85.2 Å². The highest BCUT2D eigenvalue weighted by Crippen LogP contribution is 2.39. The summed E-state index contributed by atoms with van der Waals surface area (Å²) in [4.78, 5) is 30.0. The minimum Gasteiger partial charge on any atom is -0.317 e. The van der Waals surface area contributed by atoms with Crippen molar-refractivity contribution in [1.29, 1.82) is 0 Å². The normalized spacial score (nSPS) is 10.8. The largest absolute Gasteiger partial charge is 0.380 e. The van der Waals surface area contributed by atoms with Crippen molar-refractivity contribution in [1.82, 2.24) is 0 Å². The predicted octanol–water partition coefficient (Wildman–Crippen LogP) is 3.49. The van der Waals surface area contributed by atoms with E-state index in [1.165, 1.54) is 11.1 Å². The lowest BCUT2D eigenvalue weighted by molar-refractivity contribution is 0.395. The van der Waals surface area contributed by atoms with Crippen molar-refractivity contribution in [3.05, 3.63) is 71.8 Å². The van der Waals surface area contributed by atoms with Crippen LogP contribution in [0.3, 0.4) is 0 Å². The Morgan fingerprint density at radius 1 is 0.625 bits per heavy atom. The van der Waals surface area contributed by atoms with E-state index in [0.29, 0.717) is 0 Å². The highest BCUT2D eigenvalue weighted by Gasteiger charge is 1.98. The third-order valence-electron chi connectivity index (χ3n) is 2.39. The standard InChI is InChI=1S/C14H14.2H3O3PS/c1-3-7-13(8-4-1)11-12-14-9-5-2-6-10-14;2*1-4(2,3)5/h1-10H,11-12H2;2*(H3,1,2,3,5). The molecule has 0 aromatic heterocycles. The summed E-state index contributed by atoms with van der Waals surface area (Å²) in [6.07, 6.45) is 2.26. The Kier molecular flexibility index (Phi) is 11.6. The van der Waals surface area contributed by atoms with Crippen LogP contribution in [0.15, 0.2) is 60.7 Å². The number of hydrogen-bond donors (Lipinski definition) is 6. The maximum atomic E-state index is 9.19. The van der Waals surface area contributed by atoms with Crippen LogP contribution in [0.25, 0.3) is 0 Å². The van der Waals surface area contributed by atoms with Gasteiger partial charge >= 0.3 is 13.6 Å². The van der Waals surface area contributed by atoms with Crippen LogP contribution < -0.4 is 0 Å². The van der Waals surface area contributed by atoms with Crippen LogP contribution in [0, 0.1) is 0 Å². The fourth-order valence-corrected chi connectivity index (χ4v) is 1.58. The average molecular weight is 410 g/mol. The molecule has 0 fully saturated rings. The Bertz CT molecular complexity index is 581. The summed E-state index contributed by atoms with van der Waals surface area (Å²) >= 11 is 5.58. The molecule has 4 N–H and O–H groups in total. The molecule has 0 saturated heterocycles. The van der Waals surface area contributed by atoms with Crippen LogP contribution >= 0.6 is 38.1 Å². The minimum atomic E-state index is -3.94. The molecular formula is C14H20O6P2S2. The second-order valence-electron chi connectivity index (χ2n) is 4.50. The van der Waals surface area contributed by atoms with E-state index < -0.39 is 13.6 Å². The van der Waals surface area contributed by atoms with E-state index in [9.17, 15) is 9.13 Å². The monoisotopic (exact) mass is 410 g/mol. The van der Waals surface area contributed by atoms with Gasteiger partial charge in [-0.25, -0.2) is 9.13 Å². The first-order valence-corrected chi connectivity index (χ1v) is 12.1. The first-order valence-electron chi connectivity index (χ1n) is 6.59. The molecule has 0 amide bonds. The Morgan fingerprint density at radius 2 is 0.833 bits per heavy atom. The summed E-state index contributed by atoms with van der Waals surface area (Å²) in [5, 5.41) is 0. The van der Waals surface area contributed by atoms with Crippen molar-refractivity contribution in [2.24, 2.45) is 0 Å². The Labute approximate surface area is 151 Å². The molecule has 0 heterocycles. The van der Waals surface area contributed by atoms with E-state index >= 15 is 0 Å². The number of benzene rings is 2. The average Bonchev–Trinajstić information content (AvgIpc) is 2.44. The molecule has 24 heavy (non-hydrogen) atoms. The summed E-state index contributed by atoms with van der Waals surface area (Å²) in [5.74, 6) is 0. The predicted molar refractivity (Wildman–Crippen MR) is 102 cm³/mol. The summed E-state index contributed by atoms with van der Waals surface area (Å²) in [6, 6.07) is 21.2. The molecule has 2 rings (SSSR count). The molecule has 0 aliphatic heterocycles. The van der Waals surface area contributed by atoms with Gasteiger partial charge in [-0.2, -0.15) is 0 Å². The van der Waals surface area contributed by atoms with Crippen molar-refractivity contribution in [2.75, 3.05) is 0 Å². The van der Waals surface area contributed by atoms with Gasteiger partial charge in [0, 0.05) is 0 Å². The van der Waals surface area contributed by atoms with E-state index in [4.69, 9.17) is 19.6 Å². The molecule has 2 aromatic carbocycles. The zero-order valence-corrected chi connectivity index (χ0v) is 16.2. The van der Waals surface area contributed by atoms with Gasteiger partial charge in [-0.1, -0.05) is 85.2 Å². The van der Waals surface area contributed by atoms with E-state index in [-0.39, 0.29) is 0 Å². The van der Waals surface area contributed by atoms with Gasteiger partial charge in [-0.3, -0.25) is 0 Å². The summed E-state index contributed by atoms with van der Waals surface area (Å²) in [5.41, 5.74) is 2.83. The number of hydrogen-bond acceptors (Lipinski definition) is 2. The van der Waals surface area contributed by atoms with Gasteiger partial charge in [0.2, 0.25) is 0 Å². The van der Waals surface area contributed by atoms with Crippen molar-refractivity contribution in [3.8, 4) is 0 Å². The zero-order valence-electron chi connectivity index (χ0n) is 12.6. The smallest absolute Gasteiger partial charge is 0.317 e. The van der Waals surface area contributed by atoms with Crippen LogP contribution in [0.4, 0.5) is 0 Å². The first-order chi connectivity index (χ1) is 10.9. The zero-order chi connectivity index (χ0) is 18.6. The van der Waals surface area contributed by atoms with Gasteiger partial charge < -0.3 is 19.6 Å². The second kappa shape index (κ2) is 11.9. The van der Waals surface area contributed by atoms with Gasteiger partial charge in [0.15, 0.2) is 0 Å². The van der Waals surface area contributed by atoms with Crippen molar-refractivity contribution < 1.29 is 28.7 Å². The quantitative estimate of drug-likeness (QED) is 0.341. The molecule has 0 aliphatic carbocycles. The van der Waals surface area contributed by atoms with E-state index in [1.54, 1.807) is 0 Å². The van der Waals surface area contributed by atoms with Crippen LogP contribution in [-0.4, -0.2) is 19.6 Å². The Morgan fingerprint density at radius 3 is 1.04 bits per heavy atom. The molecule has 0 spiro atoms. The first kappa shape index (κ1) is 23.4. The van der Waals surface area contributed by atoms with Gasteiger partial charge in [0.1, 0.15) is 0 Å². The summed E-state index contributed by atoms with van der Waals surface area (Å²) < 4.78 is 18.4. The molecule has 0 saturated carbocycles. The molecular weight excluding hydrogens is 390 g/mol. The van der Waals surface area contributed by atoms with Crippen LogP contribution in [-0.2, 0) is 22.0 Å². The second-order valence-corrected chi connectivity index (χ2v) is 9.68. The summed E-state index contributed by atoms with van der Waals surface area (Å²) in [7, 11) is 0. The lowest BCUT2D eigenvalue weighted by Gasteiger charge is -2.01. The fraction of sp³-hybridized carbons (Fsp3) is 0.143. The number of thiol groups is 2. The SMILES string of the molecule is O=P(O)(O)S.O=P(O)(O)S.c1ccc(CCc2ccccc2)cc1. The number of rotatable bonds is 3. The van der Waals surface area contributed by atoms with Crippen molar-refractivity contribution >= 4 is 38.1 Å². The molecule has 0 atom stereocenters. The molecule has 0 bridgehead atoms. The Hall–Kier alpha value is -0.560. The Balaban J connectivity index is 0.000000442. The topological polar surface area (TPSA) is 115 Å². The maximum Gasteiger partial charge on any atom is 0.380 e. The highest BCUT2D eigenvalue weighted by atomic mass is 32.7. The minimum absolute atomic E-state index is 1.13. The van der Waals surface area contributed by atoms with Crippen LogP contribution in [0.2, 0.25) is 0 Å². The third-order valence-corrected chi connectivity index (χ3v) is 2.39. The van der Waals surface area contributed by atoms with Crippen molar-refractivity contribution in [3.63, 3.8) is 0 Å². The van der Waals surface area contributed by atoms with Gasteiger partial charge in [0.05, 0.1) is 0 Å².